The average molecular weight is 386 g/mol. The minimum atomic E-state index is -0.497. The molecule has 3 rings (SSSR count). The van der Waals surface area contributed by atoms with Crippen LogP contribution in [0.2, 0.25) is 0 Å². The first-order chi connectivity index (χ1) is 12.9. The van der Waals surface area contributed by atoms with E-state index in [0.29, 0.717) is 16.2 Å². The van der Waals surface area contributed by atoms with Crippen LogP contribution < -0.4 is 10.1 Å². The SMILES string of the molecule is Cn1c(CC(=O)Nc2ccc([N+](=O)[O-])cc2)csc1=Nc1ccc(F)cc1. The van der Waals surface area contributed by atoms with Crippen molar-refractivity contribution in [1.82, 2.24) is 4.57 Å². The first kappa shape index (κ1) is 18.5. The van der Waals surface area contributed by atoms with Gasteiger partial charge in [-0.3, -0.25) is 14.9 Å². The summed E-state index contributed by atoms with van der Waals surface area (Å²) < 4.78 is 14.8. The van der Waals surface area contributed by atoms with Gasteiger partial charge in [-0.25, -0.2) is 9.38 Å². The number of carbonyl (C=O) groups excluding carboxylic acids is 1. The second-order valence-electron chi connectivity index (χ2n) is 5.69. The van der Waals surface area contributed by atoms with Crippen LogP contribution >= 0.6 is 11.3 Å². The summed E-state index contributed by atoms with van der Waals surface area (Å²) in [6.45, 7) is 0. The van der Waals surface area contributed by atoms with Gasteiger partial charge in [0.05, 0.1) is 17.0 Å². The number of nitro groups is 1. The summed E-state index contributed by atoms with van der Waals surface area (Å²) in [4.78, 5) is 27.5. The smallest absolute Gasteiger partial charge is 0.269 e. The third kappa shape index (κ3) is 4.64. The van der Waals surface area contributed by atoms with E-state index in [4.69, 9.17) is 0 Å². The standard InChI is InChI=1S/C18H15FN4O3S/c1-22-16(11-27-18(22)21-14-4-2-12(19)3-5-14)10-17(24)20-13-6-8-15(9-7-13)23(25)26/h2-9,11H,10H2,1H3,(H,20,24). The highest BCUT2D eigenvalue weighted by Gasteiger charge is 2.10. The van der Waals surface area contributed by atoms with Crippen LogP contribution in [0.1, 0.15) is 5.69 Å². The predicted octanol–water partition coefficient (Wildman–Crippen LogP) is 3.55. The minimum absolute atomic E-state index is 0.0377. The average Bonchev–Trinajstić information content (AvgIpc) is 2.97. The number of hydrogen-bond donors (Lipinski definition) is 1. The largest absolute Gasteiger partial charge is 0.326 e. The Labute approximate surface area is 157 Å². The highest BCUT2D eigenvalue weighted by molar-refractivity contribution is 7.07. The summed E-state index contributed by atoms with van der Waals surface area (Å²) in [5.74, 6) is -0.571. The molecule has 138 valence electrons. The molecule has 0 bridgehead atoms. The molecule has 3 aromatic rings. The molecule has 1 aromatic heterocycles. The normalized spacial score (nSPS) is 11.4. The molecule has 0 fully saturated rings. The van der Waals surface area contributed by atoms with E-state index in [0.717, 1.165) is 5.69 Å². The van der Waals surface area contributed by atoms with E-state index in [2.05, 4.69) is 10.3 Å². The molecular weight excluding hydrogens is 371 g/mol. The van der Waals surface area contributed by atoms with Gasteiger partial charge in [0.25, 0.3) is 5.69 Å². The quantitative estimate of drug-likeness (QED) is 0.537. The van der Waals surface area contributed by atoms with Crippen LogP contribution in [0.3, 0.4) is 0 Å². The lowest BCUT2D eigenvalue weighted by Crippen LogP contribution is -2.19. The van der Waals surface area contributed by atoms with Gasteiger partial charge in [0.2, 0.25) is 5.91 Å². The Morgan fingerprint density at radius 2 is 1.89 bits per heavy atom. The van der Waals surface area contributed by atoms with Crippen molar-refractivity contribution in [2.45, 2.75) is 6.42 Å². The van der Waals surface area contributed by atoms with Gasteiger partial charge >= 0.3 is 0 Å². The number of hydrogen-bond acceptors (Lipinski definition) is 5. The van der Waals surface area contributed by atoms with Crippen LogP contribution in [0.15, 0.2) is 58.9 Å². The van der Waals surface area contributed by atoms with Crippen molar-refractivity contribution in [2.24, 2.45) is 12.0 Å². The molecule has 0 saturated carbocycles. The lowest BCUT2D eigenvalue weighted by molar-refractivity contribution is -0.384. The molecule has 0 saturated heterocycles. The molecule has 2 aromatic carbocycles. The Kier molecular flexibility index (Phi) is 5.41. The van der Waals surface area contributed by atoms with Crippen molar-refractivity contribution in [2.75, 3.05) is 5.32 Å². The minimum Gasteiger partial charge on any atom is -0.326 e. The molecule has 1 amide bonds. The summed E-state index contributed by atoms with van der Waals surface area (Å²) in [7, 11) is 1.80. The molecule has 0 spiro atoms. The third-order valence-electron chi connectivity index (χ3n) is 3.77. The van der Waals surface area contributed by atoms with E-state index in [1.807, 2.05) is 5.38 Å². The van der Waals surface area contributed by atoms with Crippen molar-refractivity contribution in [3.05, 3.63) is 80.3 Å². The second kappa shape index (κ2) is 7.92. The van der Waals surface area contributed by atoms with Gasteiger partial charge in [-0.1, -0.05) is 0 Å². The van der Waals surface area contributed by atoms with Gasteiger partial charge in [0.1, 0.15) is 5.82 Å². The third-order valence-corrected chi connectivity index (χ3v) is 4.74. The maximum absolute atomic E-state index is 13.0. The van der Waals surface area contributed by atoms with Crippen molar-refractivity contribution in [1.29, 1.82) is 0 Å². The van der Waals surface area contributed by atoms with Gasteiger partial charge in [0, 0.05) is 35.9 Å². The van der Waals surface area contributed by atoms with E-state index >= 15 is 0 Å². The Bertz CT molecular complexity index is 1040. The lowest BCUT2D eigenvalue weighted by Gasteiger charge is -2.05. The zero-order valence-corrected chi connectivity index (χ0v) is 15.1. The van der Waals surface area contributed by atoms with E-state index in [9.17, 15) is 19.3 Å². The highest BCUT2D eigenvalue weighted by Crippen LogP contribution is 2.16. The molecule has 9 heteroatoms. The van der Waals surface area contributed by atoms with Crippen molar-refractivity contribution >= 4 is 34.3 Å². The molecule has 7 nitrogen and oxygen atoms in total. The number of aromatic nitrogens is 1. The number of carbonyl (C=O) groups is 1. The van der Waals surface area contributed by atoms with Crippen molar-refractivity contribution in [3.63, 3.8) is 0 Å². The summed E-state index contributed by atoms with van der Waals surface area (Å²) in [5, 5.41) is 15.2. The molecule has 0 radical (unpaired) electrons. The van der Waals surface area contributed by atoms with Crippen molar-refractivity contribution in [3.8, 4) is 0 Å². The highest BCUT2D eigenvalue weighted by atomic mass is 32.1. The van der Waals surface area contributed by atoms with Crippen LogP contribution in [0, 0.1) is 15.9 Å². The van der Waals surface area contributed by atoms with Crippen LogP contribution in [-0.4, -0.2) is 15.4 Å². The molecule has 0 aliphatic carbocycles. The number of nitrogens with zero attached hydrogens (tertiary/aromatic N) is 3. The first-order valence-electron chi connectivity index (χ1n) is 7.90. The molecule has 0 aliphatic heterocycles. The van der Waals surface area contributed by atoms with Crippen LogP contribution in [-0.2, 0) is 18.3 Å². The van der Waals surface area contributed by atoms with Crippen molar-refractivity contribution < 1.29 is 14.1 Å². The number of non-ortho nitro benzene ring substituents is 1. The summed E-state index contributed by atoms with van der Waals surface area (Å²) in [6, 6.07) is 11.5. The molecular formula is C18H15FN4O3S. The first-order valence-corrected chi connectivity index (χ1v) is 8.78. The number of benzene rings is 2. The fraction of sp³-hybridized carbons (Fsp3) is 0.111. The van der Waals surface area contributed by atoms with Gasteiger partial charge < -0.3 is 9.88 Å². The fourth-order valence-corrected chi connectivity index (χ4v) is 3.24. The maximum atomic E-state index is 13.0. The number of amides is 1. The van der Waals surface area contributed by atoms with E-state index in [1.165, 1.54) is 47.7 Å². The maximum Gasteiger partial charge on any atom is 0.269 e. The second-order valence-corrected chi connectivity index (χ2v) is 6.52. The Morgan fingerprint density at radius 1 is 1.22 bits per heavy atom. The predicted molar refractivity (Wildman–Crippen MR) is 100 cm³/mol. The Hall–Kier alpha value is -3.33. The number of anilines is 1. The van der Waals surface area contributed by atoms with E-state index in [-0.39, 0.29) is 23.8 Å². The lowest BCUT2D eigenvalue weighted by atomic mass is 10.2. The van der Waals surface area contributed by atoms with E-state index in [1.54, 1.807) is 23.7 Å². The molecule has 27 heavy (non-hydrogen) atoms. The molecule has 1 heterocycles. The number of rotatable bonds is 5. The molecule has 1 N–H and O–H groups in total. The number of nitro benzene ring substituents is 1. The monoisotopic (exact) mass is 386 g/mol. The van der Waals surface area contributed by atoms with Gasteiger partial charge in [0.15, 0.2) is 4.80 Å². The zero-order valence-electron chi connectivity index (χ0n) is 14.3. The van der Waals surface area contributed by atoms with Crippen LogP contribution in [0.4, 0.5) is 21.5 Å². The summed E-state index contributed by atoms with van der Waals surface area (Å²) >= 11 is 1.38. The number of halogens is 1. The Morgan fingerprint density at radius 3 is 2.52 bits per heavy atom. The van der Waals surface area contributed by atoms with Gasteiger partial charge in [-0.05, 0) is 36.4 Å². The Balaban J connectivity index is 1.70. The van der Waals surface area contributed by atoms with Gasteiger partial charge in [-0.2, -0.15) is 0 Å². The number of nitrogens with one attached hydrogen (secondary N) is 1. The molecule has 0 aliphatic rings. The number of thiazole rings is 1. The van der Waals surface area contributed by atoms with Crippen LogP contribution in [0.25, 0.3) is 0 Å². The zero-order chi connectivity index (χ0) is 19.4. The molecule has 0 unspecified atom stereocenters. The topological polar surface area (TPSA) is 89.5 Å². The summed E-state index contributed by atoms with van der Waals surface area (Å²) in [5.41, 5.74) is 1.83. The fourth-order valence-electron chi connectivity index (χ4n) is 2.33. The van der Waals surface area contributed by atoms with Crippen LogP contribution in [0.5, 0.6) is 0 Å². The van der Waals surface area contributed by atoms with E-state index < -0.39 is 4.92 Å². The summed E-state index contributed by atoms with van der Waals surface area (Å²) in [6.07, 6.45) is 0.128. The van der Waals surface area contributed by atoms with Gasteiger partial charge in [-0.15, -0.1) is 11.3 Å². The molecule has 0 atom stereocenters.